The molecule has 2 aliphatic heterocycles. The number of piperidine rings is 1. The molecule has 6 nitrogen and oxygen atoms in total. The molecule has 6 heteroatoms. The molecule has 1 amide bonds. The summed E-state index contributed by atoms with van der Waals surface area (Å²) in [6.45, 7) is 2.36. The van der Waals surface area contributed by atoms with Gasteiger partial charge in [0.05, 0.1) is 12.7 Å². The fourth-order valence-corrected chi connectivity index (χ4v) is 2.93. The highest BCUT2D eigenvalue weighted by molar-refractivity contribution is 5.76. The first-order valence-corrected chi connectivity index (χ1v) is 6.69. The molecule has 3 heterocycles. The maximum atomic E-state index is 12.2. The second kappa shape index (κ2) is 5.06. The number of hydrogen-bond acceptors (Lipinski definition) is 4. The van der Waals surface area contributed by atoms with Crippen LogP contribution in [0.3, 0.4) is 0 Å². The Kier molecular flexibility index (Phi) is 3.27. The molecule has 1 aromatic heterocycles. The lowest BCUT2D eigenvalue weighted by atomic mass is 9.94. The summed E-state index contributed by atoms with van der Waals surface area (Å²) in [6, 6.07) is 1.01. The van der Waals surface area contributed by atoms with Crippen molar-refractivity contribution in [3.63, 3.8) is 0 Å². The smallest absolute Gasteiger partial charge is 0.224 e. The van der Waals surface area contributed by atoms with Crippen molar-refractivity contribution in [1.82, 2.24) is 25.2 Å². The standard InChI is InChI=1S/C12H19N5O/c18-12(4-6-17-7-5-13-15-17)16-8-10-2-1-3-11(9-16)14-10/h5,7,10-11,14H,1-4,6,8-9H2. The largest absolute Gasteiger partial charge is 0.340 e. The van der Waals surface area contributed by atoms with E-state index in [9.17, 15) is 4.79 Å². The topological polar surface area (TPSA) is 63.1 Å². The van der Waals surface area contributed by atoms with Gasteiger partial charge in [0, 0.05) is 37.8 Å². The van der Waals surface area contributed by atoms with Crippen molar-refractivity contribution >= 4 is 5.91 Å². The minimum Gasteiger partial charge on any atom is -0.340 e. The molecule has 2 fully saturated rings. The SMILES string of the molecule is O=C(CCn1ccnn1)N1CC2CCCC(C1)N2. The Balaban J connectivity index is 1.53. The number of carbonyl (C=O) groups excluding carboxylic acids is 1. The number of piperazine rings is 1. The molecule has 1 aromatic rings. The monoisotopic (exact) mass is 249 g/mol. The van der Waals surface area contributed by atoms with E-state index in [1.807, 2.05) is 4.90 Å². The van der Waals surface area contributed by atoms with E-state index in [1.165, 1.54) is 19.3 Å². The number of carbonyl (C=O) groups is 1. The summed E-state index contributed by atoms with van der Waals surface area (Å²) in [7, 11) is 0. The quantitative estimate of drug-likeness (QED) is 0.820. The van der Waals surface area contributed by atoms with Crippen molar-refractivity contribution in [3.05, 3.63) is 12.4 Å². The van der Waals surface area contributed by atoms with Gasteiger partial charge in [-0.1, -0.05) is 11.6 Å². The van der Waals surface area contributed by atoms with E-state index in [-0.39, 0.29) is 5.91 Å². The first-order valence-electron chi connectivity index (χ1n) is 6.69. The molecule has 0 saturated carbocycles. The van der Waals surface area contributed by atoms with Gasteiger partial charge in [-0.15, -0.1) is 5.10 Å². The summed E-state index contributed by atoms with van der Waals surface area (Å²) in [4.78, 5) is 14.2. The molecule has 2 aliphatic rings. The maximum Gasteiger partial charge on any atom is 0.224 e. The van der Waals surface area contributed by atoms with Crippen molar-refractivity contribution in [2.45, 2.75) is 44.3 Å². The number of nitrogens with one attached hydrogen (secondary N) is 1. The molecule has 2 atom stereocenters. The van der Waals surface area contributed by atoms with Crippen molar-refractivity contribution in [2.75, 3.05) is 13.1 Å². The van der Waals surface area contributed by atoms with Gasteiger partial charge in [0.1, 0.15) is 0 Å². The molecule has 0 spiro atoms. The number of rotatable bonds is 3. The molecule has 18 heavy (non-hydrogen) atoms. The van der Waals surface area contributed by atoms with Crippen LogP contribution in [0, 0.1) is 0 Å². The van der Waals surface area contributed by atoms with Crippen LogP contribution < -0.4 is 5.32 Å². The zero-order valence-electron chi connectivity index (χ0n) is 10.5. The Labute approximate surface area is 106 Å². The number of nitrogens with zero attached hydrogens (tertiary/aromatic N) is 4. The van der Waals surface area contributed by atoms with Gasteiger partial charge in [0.25, 0.3) is 0 Å². The second-order valence-electron chi connectivity index (χ2n) is 5.21. The summed E-state index contributed by atoms with van der Waals surface area (Å²) >= 11 is 0. The first-order chi connectivity index (χ1) is 8.81. The third kappa shape index (κ3) is 2.53. The van der Waals surface area contributed by atoms with Crippen molar-refractivity contribution in [1.29, 1.82) is 0 Å². The molecule has 3 rings (SSSR count). The van der Waals surface area contributed by atoms with Crippen molar-refractivity contribution in [3.8, 4) is 0 Å². The van der Waals surface area contributed by atoms with E-state index in [0.717, 1.165) is 13.1 Å². The third-order valence-corrected chi connectivity index (χ3v) is 3.84. The van der Waals surface area contributed by atoms with Gasteiger partial charge >= 0.3 is 0 Å². The van der Waals surface area contributed by atoms with Crippen LogP contribution in [0.4, 0.5) is 0 Å². The van der Waals surface area contributed by atoms with Crippen LogP contribution in [0.15, 0.2) is 12.4 Å². The highest BCUT2D eigenvalue weighted by atomic mass is 16.2. The summed E-state index contributed by atoms with van der Waals surface area (Å²) in [5, 5.41) is 11.2. The van der Waals surface area contributed by atoms with E-state index < -0.39 is 0 Å². The summed E-state index contributed by atoms with van der Waals surface area (Å²) in [5.41, 5.74) is 0. The van der Waals surface area contributed by atoms with Crippen LogP contribution in [-0.4, -0.2) is 51.0 Å². The Morgan fingerprint density at radius 1 is 1.33 bits per heavy atom. The number of fused-ring (bicyclic) bond motifs is 2. The van der Waals surface area contributed by atoms with Gasteiger partial charge < -0.3 is 10.2 Å². The number of aryl methyl sites for hydroxylation is 1. The average Bonchev–Trinajstić information content (AvgIpc) is 2.88. The lowest BCUT2D eigenvalue weighted by Crippen LogP contribution is -2.59. The first kappa shape index (κ1) is 11.6. The van der Waals surface area contributed by atoms with Gasteiger partial charge in [0.15, 0.2) is 0 Å². The number of hydrogen-bond donors (Lipinski definition) is 1. The highest BCUT2D eigenvalue weighted by Crippen LogP contribution is 2.20. The zero-order valence-corrected chi connectivity index (χ0v) is 10.5. The Morgan fingerprint density at radius 3 is 2.78 bits per heavy atom. The minimum absolute atomic E-state index is 0.240. The molecular formula is C12H19N5O. The van der Waals surface area contributed by atoms with Gasteiger partial charge in [-0.3, -0.25) is 9.48 Å². The lowest BCUT2D eigenvalue weighted by molar-refractivity contribution is -0.133. The van der Waals surface area contributed by atoms with Crippen molar-refractivity contribution < 1.29 is 4.79 Å². The number of likely N-dealkylation sites (tertiary alicyclic amines) is 1. The predicted octanol–water partition coefficient (Wildman–Crippen LogP) is 0.0211. The second-order valence-corrected chi connectivity index (χ2v) is 5.21. The molecular weight excluding hydrogens is 230 g/mol. The molecule has 2 bridgehead atoms. The van der Waals surface area contributed by atoms with Crippen LogP contribution in [0.2, 0.25) is 0 Å². The fraction of sp³-hybridized carbons (Fsp3) is 0.750. The molecule has 0 radical (unpaired) electrons. The molecule has 2 unspecified atom stereocenters. The average molecular weight is 249 g/mol. The Hall–Kier alpha value is -1.43. The summed E-state index contributed by atoms with van der Waals surface area (Å²) < 4.78 is 1.71. The van der Waals surface area contributed by atoms with Crippen LogP contribution in [-0.2, 0) is 11.3 Å². The summed E-state index contributed by atoms with van der Waals surface area (Å²) in [6.07, 6.45) is 7.64. The normalized spacial score (nSPS) is 27.2. The fourth-order valence-electron chi connectivity index (χ4n) is 2.93. The van der Waals surface area contributed by atoms with E-state index in [1.54, 1.807) is 17.1 Å². The van der Waals surface area contributed by atoms with Crippen LogP contribution >= 0.6 is 0 Å². The van der Waals surface area contributed by atoms with E-state index in [2.05, 4.69) is 15.6 Å². The molecule has 0 aliphatic carbocycles. The minimum atomic E-state index is 0.240. The van der Waals surface area contributed by atoms with Crippen LogP contribution in [0.1, 0.15) is 25.7 Å². The number of amides is 1. The van der Waals surface area contributed by atoms with E-state index in [4.69, 9.17) is 0 Å². The molecule has 1 N–H and O–H groups in total. The summed E-state index contributed by atoms with van der Waals surface area (Å²) in [5.74, 6) is 0.240. The molecule has 2 saturated heterocycles. The van der Waals surface area contributed by atoms with Gasteiger partial charge in [-0.25, -0.2) is 0 Å². The highest BCUT2D eigenvalue weighted by Gasteiger charge is 2.31. The maximum absolute atomic E-state index is 12.2. The third-order valence-electron chi connectivity index (χ3n) is 3.84. The van der Waals surface area contributed by atoms with Crippen LogP contribution in [0.5, 0.6) is 0 Å². The van der Waals surface area contributed by atoms with Crippen LogP contribution in [0.25, 0.3) is 0 Å². The van der Waals surface area contributed by atoms with Crippen molar-refractivity contribution in [2.24, 2.45) is 0 Å². The number of aromatic nitrogens is 3. The van der Waals surface area contributed by atoms with Gasteiger partial charge in [-0.2, -0.15) is 0 Å². The lowest BCUT2D eigenvalue weighted by Gasteiger charge is -2.42. The zero-order chi connectivity index (χ0) is 12.4. The Morgan fingerprint density at radius 2 is 2.11 bits per heavy atom. The van der Waals surface area contributed by atoms with Gasteiger partial charge in [0.2, 0.25) is 5.91 Å². The molecule has 98 valence electrons. The Bertz CT molecular complexity index is 393. The van der Waals surface area contributed by atoms with Gasteiger partial charge in [-0.05, 0) is 12.8 Å². The van der Waals surface area contributed by atoms with E-state index in [0.29, 0.717) is 25.0 Å². The predicted molar refractivity (Wildman–Crippen MR) is 65.8 cm³/mol. The molecule has 0 aromatic carbocycles. The van der Waals surface area contributed by atoms with E-state index >= 15 is 0 Å².